The van der Waals surface area contributed by atoms with E-state index in [1.54, 1.807) is 17.2 Å². The fourth-order valence-corrected chi connectivity index (χ4v) is 4.75. The lowest BCUT2D eigenvalue weighted by Crippen LogP contribution is -2.47. The second kappa shape index (κ2) is 8.12. The van der Waals surface area contributed by atoms with Crippen LogP contribution in [0.1, 0.15) is 19.3 Å². The molecule has 0 amide bonds. The van der Waals surface area contributed by atoms with E-state index in [1.807, 2.05) is 36.4 Å². The number of pyridine rings is 1. The molecule has 0 saturated heterocycles. The van der Waals surface area contributed by atoms with Gasteiger partial charge in [-0.15, -0.1) is 5.10 Å². The Hall–Kier alpha value is -4.96. The number of nitriles is 2. The van der Waals surface area contributed by atoms with Gasteiger partial charge >= 0.3 is 0 Å². The molecule has 1 N–H and O–H groups in total. The lowest BCUT2D eigenvalue weighted by molar-refractivity contribution is 0.0713. The van der Waals surface area contributed by atoms with Crippen LogP contribution in [-0.2, 0) is 5.54 Å². The first-order valence-electron chi connectivity index (χ1n) is 11.1. The van der Waals surface area contributed by atoms with Gasteiger partial charge in [-0.3, -0.25) is 4.98 Å². The third-order valence-corrected chi connectivity index (χ3v) is 6.59. The van der Waals surface area contributed by atoms with E-state index in [1.165, 1.54) is 0 Å². The molecular formula is C25H18N10. The maximum Gasteiger partial charge on any atom is 0.179 e. The molecule has 0 atom stereocenters. The van der Waals surface area contributed by atoms with E-state index < -0.39 is 5.54 Å². The summed E-state index contributed by atoms with van der Waals surface area (Å²) in [5, 5.41) is 42.9. The van der Waals surface area contributed by atoms with Crippen molar-refractivity contribution in [3.63, 3.8) is 0 Å². The van der Waals surface area contributed by atoms with Crippen molar-refractivity contribution in [1.29, 1.82) is 10.5 Å². The molecule has 10 nitrogen and oxygen atoms in total. The number of aromatic nitrogens is 8. The molecule has 6 rings (SSSR count). The van der Waals surface area contributed by atoms with E-state index in [2.05, 4.69) is 55.0 Å². The number of tetrazole rings is 1. The minimum Gasteiger partial charge on any atom is -0.256 e. The van der Waals surface area contributed by atoms with Crippen LogP contribution in [0.25, 0.3) is 44.7 Å². The first kappa shape index (κ1) is 20.6. The van der Waals surface area contributed by atoms with Gasteiger partial charge in [0.1, 0.15) is 5.69 Å². The van der Waals surface area contributed by atoms with Crippen molar-refractivity contribution in [2.75, 3.05) is 0 Å². The van der Waals surface area contributed by atoms with Crippen molar-refractivity contribution < 1.29 is 0 Å². The number of hydrogen-bond donors (Lipinski definition) is 1. The third kappa shape index (κ3) is 3.49. The minimum absolute atomic E-state index is 0.0677. The predicted octanol–water partition coefficient (Wildman–Crippen LogP) is 3.88. The largest absolute Gasteiger partial charge is 0.256 e. The number of nitrogens with one attached hydrogen (secondary N) is 1. The second-order valence-electron chi connectivity index (χ2n) is 8.73. The first-order valence-corrected chi connectivity index (χ1v) is 11.1. The van der Waals surface area contributed by atoms with Crippen LogP contribution in [0.3, 0.4) is 0 Å². The third-order valence-electron chi connectivity index (χ3n) is 6.59. The maximum atomic E-state index is 9.37. The zero-order valence-electron chi connectivity index (χ0n) is 18.5. The minimum atomic E-state index is -0.523. The Morgan fingerprint density at radius 1 is 1.06 bits per heavy atom. The topological polar surface area (TPSA) is 146 Å². The van der Waals surface area contributed by atoms with Gasteiger partial charge in [0.25, 0.3) is 0 Å². The Morgan fingerprint density at radius 3 is 2.63 bits per heavy atom. The number of hydrogen-bond acceptors (Lipinski definition) is 8. The summed E-state index contributed by atoms with van der Waals surface area (Å²) in [7, 11) is 0. The Balaban J connectivity index is 1.42. The van der Waals surface area contributed by atoms with E-state index in [4.69, 9.17) is 5.10 Å². The summed E-state index contributed by atoms with van der Waals surface area (Å²) >= 11 is 0. The standard InChI is InChI=1S/C25H18N10/c26-8-7-25(12-16(13-25)14-27)35-29-15-23(32-35)21-10-19(11-22-20(21)2-1-9-28-22)17-3-5-18(6-4-17)24-30-33-34-31-24/h1-6,9-11,15-16H,7,12-13H2,(H,30,31,33,34)/t16-,25+. The molecule has 2 aromatic carbocycles. The van der Waals surface area contributed by atoms with Crippen molar-refractivity contribution in [2.45, 2.75) is 24.8 Å². The number of nitrogens with zero attached hydrogens (tertiary/aromatic N) is 9. The summed E-state index contributed by atoms with van der Waals surface area (Å²) in [6.45, 7) is 0. The van der Waals surface area contributed by atoms with Gasteiger partial charge in [0.2, 0.25) is 0 Å². The van der Waals surface area contributed by atoms with Gasteiger partial charge in [0.15, 0.2) is 5.82 Å². The summed E-state index contributed by atoms with van der Waals surface area (Å²) in [6.07, 6.45) is 4.94. The molecule has 0 radical (unpaired) electrons. The second-order valence-corrected chi connectivity index (χ2v) is 8.73. The SMILES string of the molecule is N#CC[C@]1(n2ncc(-c3cc(-c4ccc(-c5nnn[nH]5)cc4)cc4ncccc34)n2)C[C@@H](C#N)C1. The zero-order chi connectivity index (χ0) is 23.8. The molecule has 10 heteroatoms. The van der Waals surface area contributed by atoms with Crippen LogP contribution < -0.4 is 0 Å². The molecule has 35 heavy (non-hydrogen) atoms. The number of aromatic amines is 1. The van der Waals surface area contributed by atoms with Crippen molar-refractivity contribution in [3.05, 3.63) is 60.9 Å². The fourth-order valence-electron chi connectivity index (χ4n) is 4.75. The van der Waals surface area contributed by atoms with E-state index >= 15 is 0 Å². The smallest absolute Gasteiger partial charge is 0.179 e. The number of rotatable bonds is 5. The Labute approximate surface area is 199 Å². The number of H-pyrrole nitrogens is 1. The highest BCUT2D eigenvalue weighted by molar-refractivity contribution is 5.97. The van der Waals surface area contributed by atoms with Gasteiger partial charge in [0, 0.05) is 22.7 Å². The van der Waals surface area contributed by atoms with Crippen LogP contribution in [0.4, 0.5) is 0 Å². The van der Waals surface area contributed by atoms with Gasteiger partial charge in [0.05, 0.1) is 41.7 Å². The average Bonchev–Trinajstić information content (AvgIpc) is 3.59. The summed E-state index contributed by atoms with van der Waals surface area (Å²) in [5.41, 5.74) is 4.82. The monoisotopic (exact) mass is 458 g/mol. The van der Waals surface area contributed by atoms with Gasteiger partial charge in [-0.2, -0.15) is 25.5 Å². The summed E-state index contributed by atoms with van der Waals surface area (Å²) in [4.78, 5) is 6.21. The molecule has 1 fully saturated rings. The molecule has 0 unspecified atom stereocenters. The Morgan fingerprint density at radius 2 is 1.89 bits per heavy atom. The maximum absolute atomic E-state index is 9.37. The van der Waals surface area contributed by atoms with Crippen LogP contribution in [0.5, 0.6) is 0 Å². The highest BCUT2D eigenvalue weighted by atomic mass is 15.5. The molecule has 1 saturated carbocycles. The molecule has 5 aromatic rings. The molecule has 3 aromatic heterocycles. The molecule has 1 aliphatic carbocycles. The summed E-state index contributed by atoms with van der Waals surface area (Å²) in [5.74, 6) is 0.539. The van der Waals surface area contributed by atoms with Gasteiger partial charge < -0.3 is 0 Å². The quantitative estimate of drug-likeness (QED) is 0.417. The molecule has 3 heterocycles. The Kier molecular flexibility index (Phi) is 4.78. The van der Waals surface area contributed by atoms with Crippen molar-refractivity contribution in [2.24, 2.45) is 5.92 Å². The molecule has 168 valence electrons. The Bertz CT molecular complexity index is 1600. The molecular weight excluding hydrogens is 440 g/mol. The van der Waals surface area contributed by atoms with Crippen molar-refractivity contribution >= 4 is 10.9 Å². The van der Waals surface area contributed by atoms with E-state index in [0.29, 0.717) is 24.4 Å². The highest BCUT2D eigenvalue weighted by Crippen LogP contribution is 2.45. The molecule has 0 bridgehead atoms. The van der Waals surface area contributed by atoms with Gasteiger partial charge in [-0.05, 0) is 52.6 Å². The van der Waals surface area contributed by atoms with E-state index in [-0.39, 0.29) is 12.3 Å². The summed E-state index contributed by atoms with van der Waals surface area (Å²) < 4.78 is 0. The normalized spacial score (nSPS) is 19.1. The van der Waals surface area contributed by atoms with E-state index in [0.717, 1.165) is 33.2 Å². The van der Waals surface area contributed by atoms with Crippen molar-refractivity contribution in [3.8, 4) is 45.9 Å². The van der Waals surface area contributed by atoms with Crippen LogP contribution >= 0.6 is 0 Å². The van der Waals surface area contributed by atoms with E-state index in [9.17, 15) is 10.5 Å². The van der Waals surface area contributed by atoms with Crippen LogP contribution in [-0.4, -0.2) is 40.6 Å². The highest BCUT2D eigenvalue weighted by Gasteiger charge is 2.48. The average molecular weight is 458 g/mol. The predicted molar refractivity (Wildman–Crippen MR) is 126 cm³/mol. The molecule has 0 spiro atoms. The van der Waals surface area contributed by atoms with Crippen LogP contribution in [0.15, 0.2) is 60.9 Å². The summed E-state index contributed by atoms with van der Waals surface area (Å²) in [6, 6.07) is 20.5. The van der Waals surface area contributed by atoms with Crippen LogP contribution in [0, 0.1) is 28.6 Å². The van der Waals surface area contributed by atoms with Gasteiger partial charge in [-0.1, -0.05) is 30.3 Å². The van der Waals surface area contributed by atoms with Crippen LogP contribution in [0.2, 0.25) is 0 Å². The zero-order valence-corrected chi connectivity index (χ0v) is 18.5. The number of fused-ring (bicyclic) bond motifs is 1. The lowest BCUT2D eigenvalue weighted by atomic mass is 9.68. The van der Waals surface area contributed by atoms with Crippen molar-refractivity contribution in [1.82, 2.24) is 40.6 Å². The first-order chi connectivity index (χ1) is 17.2. The fraction of sp³-hybridized carbons (Fsp3) is 0.200. The van der Waals surface area contributed by atoms with Gasteiger partial charge in [-0.25, -0.2) is 5.10 Å². The molecule has 0 aliphatic heterocycles. The number of benzene rings is 2. The lowest BCUT2D eigenvalue weighted by Gasteiger charge is -2.42. The molecule has 1 aliphatic rings.